The van der Waals surface area contributed by atoms with Crippen molar-refractivity contribution in [3.05, 3.63) is 29.8 Å². The first-order valence-corrected chi connectivity index (χ1v) is 12.3. The van der Waals surface area contributed by atoms with Gasteiger partial charge in [0.2, 0.25) is 5.91 Å². The lowest BCUT2D eigenvalue weighted by Crippen LogP contribution is -2.68. The van der Waals surface area contributed by atoms with E-state index in [-0.39, 0.29) is 17.7 Å². The number of fused-ring (bicyclic) bond motifs is 3. The van der Waals surface area contributed by atoms with E-state index >= 15 is 0 Å². The number of carbonyl (C=O) groups is 2. The maximum absolute atomic E-state index is 13.0. The molecule has 3 aliphatic carbocycles. The fourth-order valence-corrected chi connectivity index (χ4v) is 6.58. The van der Waals surface area contributed by atoms with Crippen LogP contribution in [0.15, 0.2) is 24.3 Å². The molecule has 2 amide bonds. The standard InChI is InChI=1S/C25H36N4O2/c1-17-7-4-5-13-29(17)14-6-12-26-23(30)21-15-19-11-10-18(21)16-25(19)27-22-9-3-2-8-20(22)24(31)28-25/h2-3,8-9,17-19,21,27H,4-7,10-16H2,1H3,(H,26,30)(H,28,31)/t17-,18-,19+,21+,25+/m0/s1. The van der Waals surface area contributed by atoms with E-state index in [1.165, 1.54) is 25.8 Å². The van der Waals surface area contributed by atoms with E-state index in [0.29, 0.717) is 23.4 Å². The molecule has 2 aliphatic heterocycles. The normalized spacial score (nSPS) is 34.7. The summed E-state index contributed by atoms with van der Waals surface area (Å²) < 4.78 is 0. The number of rotatable bonds is 5. The monoisotopic (exact) mass is 424 g/mol. The first kappa shape index (κ1) is 20.8. The maximum atomic E-state index is 13.0. The molecule has 5 atom stereocenters. The van der Waals surface area contributed by atoms with Gasteiger partial charge in [-0.15, -0.1) is 0 Å². The highest BCUT2D eigenvalue weighted by atomic mass is 16.2. The number of hydrogen-bond donors (Lipinski definition) is 3. The van der Waals surface area contributed by atoms with Gasteiger partial charge in [-0.05, 0) is 76.5 Å². The number of nitrogens with zero attached hydrogens (tertiary/aromatic N) is 1. The summed E-state index contributed by atoms with van der Waals surface area (Å²) in [5.41, 5.74) is 1.24. The second-order valence-electron chi connectivity index (χ2n) is 10.2. The van der Waals surface area contributed by atoms with Crippen LogP contribution in [0, 0.1) is 17.8 Å². The molecule has 3 saturated carbocycles. The molecule has 1 aromatic rings. The van der Waals surface area contributed by atoms with E-state index < -0.39 is 5.66 Å². The minimum absolute atomic E-state index is 0.00911. The second-order valence-corrected chi connectivity index (χ2v) is 10.2. The van der Waals surface area contributed by atoms with Crippen molar-refractivity contribution in [3.63, 3.8) is 0 Å². The van der Waals surface area contributed by atoms with Crippen LogP contribution in [-0.2, 0) is 4.79 Å². The average Bonchev–Trinajstić information content (AvgIpc) is 2.78. The fraction of sp³-hybridized carbons (Fsp3) is 0.680. The summed E-state index contributed by atoms with van der Waals surface area (Å²) in [5, 5.41) is 10.2. The van der Waals surface area contributed by atoms with Gasteiger partial charge in [-0.1, -0.05) is 18.6 Å². The molecule has 5 aliphatic rings. The molecule has 31 heavy (non-hydrogen) atoms. The summed E-state index contributed by atoms with van der Waals surface area (Å²) >= 11 is 0. The minimum Gasteiger partial charge on any atom is -0.362 e. The zero-order valence-corrected chi connectivity index (χ0v) is 18.7. The van der Waals surface area contributed by atoms with Crippen LogP contribution in [0.5, 0.6) is 0 Å². The first-order valence-electron chi connectivity index (χ1n) is 12.3. The summed E-state index contributed by atoms with van der Waals surface area (Å²) in [6, 6.07) is 8.41. The van der Waals surface area contributed by atoms with Gasteiger partial charge < -0.3 is 20.9 Å². The molecule has 2 bridgehead atoms. The molecule has 1 spiro atoms. The Balaban J connectivity index is 1.16. The Morgan fingerprint density at radius 1 is 1.19 bits per heavy atom. The SMILES string of the molecule is C[C@H]1CCCCN1CCCNC(=O)[C@@H]1C[C@H]2CC[C@H]1C[C@@]21NC(=O)c2ccccc2N1. The van der Waals surface area contributed by atoms with Crippen LogP contribution in [0.4, 0.5) is 5.69 Å². The lowest BCUT2D eigenvalue weighted by molar-refractivity contribution is -0.132. The zero-order chi connectivity index (χ0) is 21.4. The molecule has 6 heteroatoms. The van der Waals surface area contributed by atoms with E-state index in [9.17, 15) is 9.59 Å². The van der Waals surface area contributed by atoms with Gasteiger partial charge in [0.15, 0.2) is 0 Å². The molecule has 6 rings (SSSR count). The third kappa shape index (κ3) is 3.95. The number of para-hydroxylation sites is 1. The van der Waals surface area contributed by atoms with Crippen LogP contribution in [0.2, 0.25) is 0 Å². The van der Waals surface area contributed by atoms with Crippen molar-refractivity contribution in [2.45, 2.75) is 70.0 Å². The van der Waals surface area contributed by atoms with E-state index in [4.69, 9.17) is 0 Å². The second kappa shape index (κ2) is 8.45. The minimum atomic E-state index is -0.393. The molecular weight excluding hydrogens is 388 g/mol. The molecule has 0 aromatic heterocycles. The Kier molecular flexibility index (Phi) is 5.67. The summed E-state index contributed by atoms with van der Waals surface area (Å²) in [5.74, 6) is 0.924. The number of likely N-dealkylation sites (tertiary alicyclic amines) is 1. The summed E-state index contributed by atoms with van der Waals surface area (Å²) in [4.78, 5) is 28.3. The molecule has 0 unspecified atom stereocenters. The highest BCUT2D eigenvalue weighted by Gasteiger charge is 2.55. The topological polar surface area (TPSA) is 73.5 Å². The van der Waals surface area contributed by atoms with Crippen molar-refractivity contribution in [2.75, 3.05) is 25.0 Å². The van der Waals surface area contributed by atoms with Crippen molar-refractivity contribution >= 4 is 17.5 Å². The predicted octanol–water partition coefficient (Wildman–Crippen LogP) is 3.36. The van der Waals surface area contributed by atoms with Gasteiger partial charge in [-0.3, -0.25) is 9.59 Å². The van der Waals surface area contributed by atoms with Crippen LogP contribution in [0.1, 0.15) is 68.6 Å². The highest BCUT2D eigenvalue weighted by molar-refractivity contribution is 6.02. The number of benzene rings is 1. The number of piperidine rings is 1. The Hall–Kier alpha value is -2.08. The van der Waals surface area contributed by atoms with Crippen molar-refractivity contribution in [3.8, 4) is 0 Å². The molecule has 4 fully saturated rings. The Morgan fingerprint density at radius 3 is 2.87 bits per heavy atom. The highest BCUT2D eigenvalue weighted by Crippen LogP contribution is 2.51. The maximum Gasteiger partial charge on any atom is 0.255 e. The quantitative estimate of drug-likeness (QED) is 0.634. The van der Waals surface area contributed by atoms with E-state index in [1.807, 2.05) is 24.3 Å². The molecule has 1 aromatic carbocycles. The Morgan fingerprint density at radius 2 is 2.06 bits per heavy atom. The van der Waals surface area contributed by atoms with Gasteiger partial charge >= 0.3 is 0 Å². The van der Waals surface area contributed by atoms with Crippen molar-refractivity contribution in [1.29, 1.82) is 0 Å². The molecule has 2 heterocycles. The Labute approximate surface area is 185 Å². The van der Waals surface area contributed by atoms with Crippen LogP contribution in [0.3, 0.4) is 0 Å². The van der Waals surface area contributed by atoms with Crippen LogP contribution in [-0.4, -0.2) is 48.1 Å². The fourth-order valence-electron chi connectivity index (χ4n) is 6.58. The van der Waals surface area contributed by atoms with Gasteiger partial charge in [0, 0.05) is 36.7 Å². The predicted molar refractivity (Wildman–Crippen MR) is 122 cm³/mol. The van der Waals surface area contributed by atoms with E-state index in [0.717, 1.165) is 50.9 Å². The van der Waals surface area contributed by atoms with E-state index in [1.54, 1.807) is 0 Å². The van der Waals surface area contributed by atoms with Gasteiger partial charge in [0.25, 0.3) is 5.91 Å². The van der Waals surface area contributed by atoms with Gasteiger partial charge in [0.05, 0.1) is 5.56 Å². The molecular formula is C25H36N4O2. The Bertz CT molecular complexity index is 843. The van der Waals surface area contributed by atoms with Gasteiger partial charge in [-0.2, -0.15) is 0 Å². The van der Waals surface area contributed by atoms with Crippen LogP contribution in [0.25, 0.3) is 0 Å². The average molecular weight is 425 g/mol. The zero-order valence-electron chi connectivity index (χ0n) is 18.7. The number of hydrogen-bond acceptors (Lipinski definition) is 4. The summed E-state index contributed by atoms with van der Waals surface area (Å²) in [7, 11) is 0. The van der Waals surface area contributed by atoms with Gasteiger partial charge in [-0.25, -0.2) is 0 Å². The number of carbonyl (C=O) groups excluding carboxylic acids is 2. The van der Waals surface area contributed by atoms with E-state index in [2.05, 4.69) is 27.8 Å². The largest absolute Gasteiger partial charge is 0.362 e. The first-order chi connectivity index (χ1) is 15.1. The summed E-state index contributed by atoms with van der Waals surface area (Å²) in [6.07, 6.45) is 8.81. The van der Waals surface area contributed by atoms with Gasteiger partial charge in [0.1, 0.15) is 5.66 Å². The molecule has 0 radical (unpaired) electrons. The molecule has 1 saturated heterocycles. The third-order valence-corrected chi connectivity index (χ3v) is 8.34. The van der Waals surface area contributed by atoms with Crippen molar-refractivity contribution < 1.29 is 9.59 Å². The molecule has 3 N–H and O–H groups in total. The number of nitrogens with one attached hydrogen (secondary N) is 3. The lowest BCUT2D eigenvalue weighted by Gasteiger charge is -2.56. The van der Waals surface area contributed by atoms with Crippen molar-refractivity contribution in [2.24, 2.45) is 17.8 Å². The molecule has 168 valence electrons. The van der Waals surface area contributed by atoms with Crippen molar-refractivity contribution in [1.82, 2.24) is 15.5 Å². The molecule has 6 nitrogen and oxygen atoms in total. The third-order valence-electron chi connectivity index (χ3n) is 8.34. The van der Waals surface area contributed by atoms with Crippen LogP contribution < -0.4 is 16.0 Å². The van der Waals surface area contributed by atoms with Crippen LogP contribution >= 0.6 is 0 Å². The smallest absolute Gasteiger partial charge is 0.255 e. The summed E-state index contributed by atoms with van der Waals surface area (Å²) in [6.45, 7) is 5.37. The lowest BCUT2D eigenvalue weighted by atomic mass is 9.58. The number of anilines is 1. The number of amides is 2.